The molecule has 0 fully saturated rings. The summed E-state index contributed by atoms with van der Waals surface area (Å²) in [5.74, 6) is -0.590. The summed E-state index contributed by atoms with van der Waals surface area (Å²) >= 11 is 1.29. The number of carbonyl (C=O) groups is 2. The topological polar surface area (TPSA) is 84.0 Å². The van der Waals surface area contributed by atoms with Gasteiger partial charge in [0.05, 0.1) is 11.9 Å². The Morgan fingerprint density at radius 2 is 1.93 bits per heavy atom. The van der Waals surface area contributed by atoms with Gasteiger partial charge in [-0.25, -0.2) is 4.98 Å². The third-order valence-corrected chi connectivity index (χ3v) is 4.91. The van der Waals surface area contributed by atoms with E-state index in [-0.39, 0.29) is 17.6 Å². The van der Waals surface area contributed by atoms with E-state index in [1.807, 2.05) is 25.1 Å². The molecule has 138 valence electrons. The van der Waals surface area contributed by atoms with Crippen molar-refractivity contribution in [2.24, 2.45) is 0 Å². The molecule has 0 aliphatic rings. The number of nitrogens with zero attached hydrogens (tertiary/aromatic N) is 2. The molecule has 2 amide bonds. The first-order chi connectivity index (χ1) is 13.1. The van der Waals surface area contributed by atoms with Crippen molar-refractivity contribution in [2.75, 3.05) is 5.32 Å². The summed E-state index contributed by atoms with van der Waals surface area (Å²) in [4.78, 5) is 33.1. The van der Waals surface area contributed by atoms with E-state index in [9.17, 15) is 9.59 Å². The lowest BCUT2D eigenvalue weighted by atomic mass is 10.1. The monoisotopic (exact) mass is 380 g/mol. The van der Waals surface area contributed by atoms with Crippen LogP contribution < -0.4 is 10.6 Å². The number of amides is 2. The molecule has 3 aromatic rings. The zero-order chi connectivity index (χ0) is 19.1. The molecule has 0 aliphatic carbocycles. The average molecular weight is 380 g/mol. The van der Waals surface area contributed by atoms with Crippen molar-refractivity contribution in [1.29, 1.82) is 0 Å². The first kappa shape index (κ1) is 18.7. The quantitative estimate of drug-likeness (QED) is 0.657. The fourth-order valence-corrected chi connectivity index (χ4v) is 3.33. The van der Waals surface area contributed by atoms with E-state index in [0.29, 0.717) is 10.6 Å². The average Bonchev–Trinajstić information content (AvgIpc) is 3.16. The lowest BCUT2D eigenvalue weighted by Gasteiger charge is -2.14. The maximum Gasteiger partial charge on any atom is 0.275 e. The molecule has 3 rings (SSSR count). The molecule has 1 aromatic carbocycles. The number of hydrogen-bond donors (Lipinski definition) is 2. The highest BCUT2D eigenvalue weighted by Gasteiger charge is 2.18. The van der Waals surface area contributed by atoms with Crippen LogP contribution in [0.2, 0.25) is 0 Å². The number of nitrogens with one attached hydrogen (secondary N) is 2. The maximum absolute atomic E-state index is 12.6. The lowest BCUT2D eigenvalue weighted by molar-refractivity contribution is 0.0943. The molecule has 0 aliphatic heterocycles. The Morgan fingerprint density at radius 1 is 1.11 bits per heavy atom. The van der Waals surface area contributed by atoms with Crippen molar-refractivity contribution < 1.29 is 9.59 Å². The van der Waals surface area contributed by atoms with Crippen LogP contribution in [0.3, 0.4) is 0 Å². The molecule has 0 bridgehead atoms. The Kier molecular flexibility index (Phi) is 6.27. The van der Waals surface area contributed by atoms with Gasteiger partial charge in [-0.1, -0.05) is 30.3 Å². The van der Waals surface area contributed by atoms with E-state index in [1.165, 1.54) is 35.5 Å². The Balaban J connectivity index is 1.57. The zero-order valence-electron chi connectivity index (χ0n) is 14.9. The van der Waals surface area contributed by atoms with Crippen molar-refractivity contribution in [1.82, 2.24) is 15.3 Å². The number of hydrogen-bond acceptors (Lipinski definition) is 5. The molecular weight excluding hydrogens is 360 g/mol. The summed E-state index contributed by atoms with van der Waals surface area (Å²) < 4.78 is 0. The van der Waals surface area contributed by atoms with Crippen molar-refractivity contribution >= 4 is 28.8 Å². The van der Waals surface area contributed by atoms with Gasteiger partial charge in [0.1, 0.15) is 10.6 Å². The van der Waals surface area contributed by atoms with E-state index in [0.717, 1.165) is 12.8 Å². The van der Waals surface area contributed by atoms with E-state index in [2.05, 4.69) is 32.7 Å². The fourth-order valence-electron chi connectivity index (χ4n) is 2.58. The number of benzene rings is 1. The largest absolute Gasteiger partial charge is 0.349 e. The van der Waals surface area contributed by atoms with Crippen LogP contribution in [0.15, 0.2) is 60.4 Å². The summed E-state index contributed by atoms with van der Waals surface area (Å²) in [7, 11) is 0. The second kappa shape index (κ2) is 9.05. The van der Waals surface area contributed by atoms with Gasteiger partial charge in [-0.05, 0) is 36.8 Å². The maximum atomic E-state index is 12.6. The van der Waals surface area contributed by atoms with E-state index < -0.39 is 5.91 Å². The van der Waals surface area contributed by atoms with Gasteiger partial charge < -0.3 is 10.6 Å². The normalized spacial score (nSPS) is 11.6. The first-order valence-electron chi connectivity index (χ1n) is 8.63. The third kappa shape index (κ3) is 5.21. The van der Waals surface area contributed by atoms with Crippen LogP contribution in [-0.4, -0.2) is 27.8 Å². The molecule has 2 aromatic heterocycles. The molecule has 1 atom stereocenters. The van der Waals surface area contributed by atoms with Gasteiger partial charge >= 0.3 is 0 Å². The zero-order valence-corrected chi connectivity index (χ0v) is 15.7. The Bertz CT molecular complexity index is 897. The number of anilines is 1. The van der Waals surface area contributed by atoms with Crippen LogP contribution in [0, 0.1) is 0 Å². The van der Waals surface area contributed by atoms with Crippen LogP contribution in [0.5, 0.6) is 0 Å². The minimum atomic E-state index is -0.396. The van der Waals surface area contributed by atoms with Gasteiger partial charge in [0.25, 0.3) is 11.8 Å². The van der Waals surface area contributed by atoms with Crippen LogP contribution in [0.4, 0.5) is 5.69 Å². The van der Waals surface area contributed by atoms with Gasteiger partial charge in [0.15, 0.2) is 0 Å². The molecule has 2 N–H and O–H groups in total. The second-order valence-corrected chi connectivity index (χ2v) is 7.02. The minimum Gasteiger partial charge on any atom is -0.349 e. The Labute approximate surface area is 161 Å². The molecule has 0 saturated heterocycles. The van der Waals surface area contributed by atoms with E-state index in [1.54, 1.807) is 11.4 Å². The highest BCUT2D eigenvalue weighted by Crippen LogP contribution is 2.23. The van der Waals surface area contributed by atoms with Gasteiger partial charge in [0.2, 0.25) is 0 Å². The molecule has 6 nitrogen and oxygen atoms in total. The van der Waals surface area contributed by atoms with Gasteiger partial charge in [0, 0.05) is 18.4 Å². The Hall–Kier alpha value is -3.06. The van der Waals surface area contributed by atoms with Crippen LogP contribution >= 0.6 is 11.3 Å². The number of thiophene rings is 1. The summed E-state index contributed by atoms with van der Waals surface area (Å²) in [6, 6.07) is 11.9. The summed E-state index contributed by atoms with van der Waals surface area (Å²) in [5.41, 5.74) is 1.92. The fraction of sp³-hybridized carbons (Fsp3) is 0.200. The molecule has 7 heteroatoms. The van der Waals surface area contributed by atoms with Crippen LogP contribution in [-0.2, 0) is 6.42 Å². The Morgan fingerprint density at radius 3 is 2.67 bits per heavy atom. The van der Waals surface area contributed by atoms with Crippen LogP contribution in [0.25, 0.3) is 0 Å². The number of carbonyl (C=O) groups excluding carboxylic acids is 2. The van der Waals surface area contributed by atoms with Crippen molar-refractivity contribution in [3.63, 3.8) is 0 Å². The molecule has 0 unspecified atom stereocenters. The molecule has 0 radical (unpaired) electrons. The SMILES string of the molecule is C[C@H](CCc1ccccc1)NC(=O)c1sccc1NC(=O)c1cnccn1. The van der Waals surface area contributed by atoms with E-state index in [4.69, 9.17) is 0 Å². The summed E-state index contributed by atoms with van der Waals surface area (Å²) in [5, 5.41) is 7.50. The molecule has 0 saturated carbocycles. The molecule has 2 heterocycles. The standard InChI is InChI=1S/C20H20N4O2S/c1-14(7-8-15-5-3-2-4-6-15)23-20(26)18-16(9-12-27-18)24-19(25)17-13-21-10-11-22-17/h2-6,9-14H,7-8H2,1H3,(H,23,26)(H,24,25)/t14-/m1/s1. The predicted molar refractivity (Wildman–Crippen MR) is 106 cm³/mol. The van der Waals surface area contributed by atoms with Gasteiger partial charge in [-0.3, -0.25) is 14.6 Å². The third-order valence-electron chi connectivity index (χ3n) is 4.00. The number of rotatable bonds is 7. The summed E-state index contributed by atoms with van der Waals surface area (Å²) in [6.07, 6.45) is 6.06. The van der Waals surface area contributed by atoms with E-state index >= 15 is 0 Å². The van der Waals surface area contributed by atoms with Gasteiger partial charge in [-0.15, -0.1) is 11.3 Å². The lowest BCUT2D eigenvalue weighted by Crippen LogP contribution is -2.33. The van der Waals surface area contributed by atoms with Crippen molar-refractivity contribution in [2.45, 2.75) is 25.8 Å². The molecule has 27 heavy (non-hydrogen) atoms. The second-order valence-electron chi connectivity index (χ2n) is 6.11. The van der Waals surface area contributed by atoms with Gasteiger partial charge in [-0.2, -0.15) is 0 Å². The minimum absolute atomic E-state index is 0.0170. The van der Waals surface area contributed by atoms with Crippen molar-refractivity contribution in [3.05, 3.63) is 76.5 Å². The predicted octanol–water partition coefficient (Wildman–Crippen LogP) is 3.54. The highest BCUT2D eigenvalue weighted by atomic mass is 32.1. The number of aryl methyl sites for hydroxylation is 1. The van der Waals surface area contributed by atoms with Crippen molar-refractivity contribution in [3.8, 4) is 0 Å². The van der Waals surface area contributed by atoms with Crippen LogP contribution in [0.1, 0.15) is 39.1 Å². The number of aromatic nitrogens is 2. The summed E-state index contributed by atoms with van der Waals surface area (Å²) in [6.45, 7) is 1.98. The first-order valence-corrected chi connectivity index (χ1v) is 9.51. The molecular formula is C20H20N4O2S. The molecule has 0 spiro atoms. The highest BCUT2D eigenvalue weighted by molar-refractivity contribution is 7.12. The smallest absolute Gasteiger partial charge is 0.275 e.